The molecule has 3 aliphatic rings. The summed E-state index contributed by atoms with van der Waals surface area (Å²) >= 11 is 1.55. The minimum atomic E-state index is -1.08. The molecule has 3 heterocycles. The van der Waals surface area contributed by atoms with Gasteiger partial charge in [0.15, 0.2) is 5.43 Å². The third-order valence-electron chi connectivity index (χ3n) is 8.80. The van der Waals surface area contributed by atoms with Gasteiger partial charge in [-0.1, -0.05) is 19.9 Å². The van der Waals surface area contributed by atoms with Crippen molar-refractivity contribution in [1.29, 1.82) is 0 Å². The molecule has 3 fully saturated rings. The number of nitrogens with zero attached hydrogens (tertiary/aromatic N) is 2. The number of aromatic nitrogens is 2. The molecule has 0 radical (unpaired) electrons. The van der Waals surface area contributed by atoms with Gasteiger partial charge in [0.1, 0.15) is 33.9 Å². The Morgan fingerprint density at radius 2 is 1.94 bits per heavy atom. The van der Waals surface area contributed by atoms with Crippen LogP contribution in [0.3, 0.4) is 0 Å². The zero-order valence-corrected chi connectivity index (χ0v) is 31.8. The lowest BCUT2D eigenvalue weighted by atomic mass is 10.1. The number of fused-ring (bicyclic) bond motifs is 1. The number of nitrogens with one attached hydrogen (secondary N) is 3. The van der Waals surface area contributed by atoms with Crippen molar-refractivity contribution in [3.63, 3.8) is 0 Å². The number of pyridine rings is 1. The van der Waals surface area contributed by atoms with Crippen molar-refractivity contribution in [1.82, 2.24) is 24.9 Å². The summed E-state index contributed by atoms with van der Waals surface area (Å²) in [7, 11) is 0.552. The molecular formula is C37H51N5O7S2. The molecule has 3 aromatic rings. The van der Waals surface area contributed by atoms with Crippen LogP contribution in [0.4, 0.5) is 0 Å². The highest BCUT2D eigenvalue weighted by Crippen LogP contribution is 2.29. The maximum Gasteiger partial charge on any atom is 0.252 e. The summed E-state index contributed by atoms with van der Waals surface area (Å²) in [6.45, 7) is 12.8. The number of aromatic amines is 1. The first-order valence-corrected chi connectivity index (χ1v) is 19.7. The number of rotatable bonds is 14. The fourth-order valence-electron chi connectivity index (χ4n) is 5.50. The lowest BCUT2D eigenvalue weighted by Crippen LogP contribution is -2.49. The zero-order valence-electron chi connectivity index (χ0n) is 30.2. The van der Waals surface area contributed by atoms with Crippen LogP contribution in [-0.2, 0) is 30.1 Å². The molecular weight excluding hydrogens is 691 g/mol. The van der Waals surface area contributed by atoms with Gasteiger partial charge in [-0.15, -0.1) is 17.9 Å². The third kappa shape index (κ3) is 11.3. The van der Waals surface area contributed by atoms with Crippen LogP contribution in [0.1, 0.15) is 89.3 Å². The molecule has 2 saturated carbocycles. The van der Waals surface area contributed by atoms with Gasteiger partial charge < -0.3 is 24.7 Å². The standard InChI is InChI=1S/C17H18N2O2S.C16H26N2O3.C4H7NO2S/c1-9(2)13-8-22-17(19-13)12-7-14(20)11-5-6-15(21-4)10(3)16(11)18-12;1-3-4-5-11-21-12(2)16(20)18-10-6-7-14(18)15(19)17-13-8-9-13;6-3-5-8(7)4-1-2-4/h5-9H,1-4H3,(H,18,20);3,12-14H,1,4-11H2,2H3,(H,17,19);3-4H,1-2H2,(H,5,6)/t;12-,14?;/m.1./s1. The number of allylic oxidation sites excluding steroid dienone is 1. The summed E-state index contributed by atoms with van der Waals surface area (Å²) in [6, 6.07) is 5.27. The number of amides is 3. The van der Waals surface area contributed by atoms with Crippen LogP contribution in [0.15, 0.2) is 41.0 Å². The Balaban J connectivity index is 0.000000189. The lowest BCUT2D eigenvalue weighted by Gasteiger charge is -2.26. The van der Waals surface area contributed by atoms with E-state index in [9.17, 15) is 23.4 Å². The van der Waals surface area contributed by atoms with Crippen molar-refractivity contribution >= 4 is 51.4 Å². The number of ether oxygens (including phenoxy) is 2. The van der Waals surface area contributed by atoms with Crippen molar-refractivity contribution in [3.05, 3.63) is 57.7 Å². The molecule has 3 atom stereocenters. The summed E-state index contributed by atoms with van der Waals surface area (Å²) in [5, 5.41) is 6.79. The topological polar surface area (TPSA) is 160 Å². The van der Waals surface area contributed by atoms with Crippen molar-refractivity contribution < 1.29 is 28.1 Å². The summed E-state index contributed by atoms with van der Waals surface area (Å²) < 4.78 is 23.7. The third-order valence-corrected chi connectivity index (χ3v) is 11.1. The van der Waals surface area contributed by atoms with E-state index in [0.29, 0.717) is 36.9 Å². The van der Waals surface area contributed by atoms with Crippen LogP contribution < -0.4 is 20.2 Å². The summed E-state index contributed by atoms with van der Waals surface area (Å²) in [5.41, 5.74) is 3.53. The van der Waals surface area contributed by atoms with Crippen LogP contribution in [0.5, 0.6) is 5.75 Å². The first kappa shape index (κ1) is 39.9. The van der Waals surface area contributed by atoms with Gasteiger partial charge in [0.25, 0.3) is 5.91 Å². The number of hydrogen-bond acceptors (Lipinski definition) is 9. The number of unbranched alkanes of at least 4 members (excludes halogenated alkanes) is 1. The minimum absolute atomic E-state index is 0.00204. The maximum absolute atomic E-state index is 12.4. The number of H-pyrrole nitrogens is 1. The summed E-state index contributed by atoms with van der Waals surface area (Å²) in [6.07, 6.45) is 9.35. The molecule has 278 valence electrons. The fraction of sp³-hybridized carbons (Fsp3) is 0.541. The van der Waals surface area contributed by atoms with E-state index in [0.717, 1.165) is 84.6 Å². The Morgan fingerprint density at radius 1 is 1.20 bits per heavy atom. The predicted molar refractivity (Wildman–Crippen MR) is 202 cm³/mol. The smallest absolute Gasteiger partial charge is 0.252 e. The van der Waals surface area contributed by atoms with Crippen molar-refractivity contribution in [3.8, 4) is 16.5 Å². The van der Waals surface area contributed by atoms with Crippen LogP contribution in [-0.4, -0.2) is 81.0 Å². The average molecular weight is 742 g/mol. The minimum Gasteiger partial charge on any atom is -0.496 e. The normalized spacial score (nSPS) is 17.8. The Bertz CT molecular complexity index is 1750. The molecule has 2 aliphatic carbocycles. The molecule has 0 bridgehead atoms. The van der Waals surface area contributed by atoms with Gasteiger partial charge >= 0.3 is 0 Å². The molecule has 3 N–H and O–H groups in total. The molecule has 12 nitrogen and oxygen atoms in total. The number of thiazole rings is 1. The number of carbonyl (C=O) groups is 3. The van der Waals surface area contributed by atoms with E-state index in [4.69, 9.17) is 9.47 Å². The number of aryl methyl sites for hydroxylation is 1. The lowest BCUT2D eigenvalue weighted by molar-refractivity contribution is -0.147. The Kier molecular flexibility index (Phi) is 14.9. The van der Waals surface area contributed by atoms with Gasteiger partial charge in [-0.05, 0) is 83.3 Å². The second kappa shape index (κ2) is 19.1. The fourth-order valence-corrected chi connectivity index (χ4v) is 7.30. The molecule has 3 amide bonds. The molecule has 1 aliphatic heterocycles. The molecule has 6 rings (SSSR count). The predicted octanol–water partition coefficient (Wildman–Crippen LogP) is 5.28. The number of hydrogen-bond donors (Lipinski definition) is 3. The molecule has 2 unspecified atom stereocenters. The average Bonchev–Trinajstić information content (AvgIpc) is 4.03. The monoisotopic (exact) mass is 741 g/mol. The first-order valence-electron chi connectivity index (χ1n) is 17.6. The number of benzene rings is 1. The second-order valence-corrected chi connectivity index (χ2v) is 15.6. The Labute approximate surface area is 306 Å². The van der Waals surface area contributed by atoms with Gasteiger partial charge in [-0.2, -0.15) is 0 Å². The highest BCUT2D eigenvalue weighted by Gasteiger charge is 2.38. The van der Waals surface area contributed by atoms with Crippen LogP contribution in [0.25, 0.3) is 21.6 Å². The summed E-state index contributed by atoms with van der Waals surface area (Å²) in [4.78, 5) is 56.3. The Morgan fingerprint density at radius 3 is 2.55 bits per heavy atom. The van der Waals surface area contributed by atoms with Gasteiger partial charge in [0.05, 0.1) is 29.3 Å². The SMILES string of the molecule is C=CCCCO[C@H](C)C(=O)N1CCCC1C(=O)NC1CC1.COc1ccc2c(=O)cc(-c3nc(C(C)C)cs3)[nH]c2c1C.O=CNS(=O)C1CC1. The number of likely N-dealkylation sites (tertiary alicyclic amines) is 1. The molecule has 1 aromatic carbocycles. The van der Waals surface area contributed by atoms with E-state index in [2.05, 4.69) is 40.4 Å². The van der Waals surface area contributed by atoms with Crippen molar-refractivity contribution in [2.24, 2.45) is 0 Å². The van der Waals surface area contributed by atoms with E-state index in [1.54, 1.807) is 42.4 Å². The van der Waals surface area contributed by atoms with Gasteiger partial charge in [-0.3, -0.25) is 23.9 Å². The molecule has 51 heavy (non-hydrogen) atoms. The number of methoxy groups -OCH3 is 1. The summed E-state index contributed by atoms with van der Waals surface area (Å²) in [5.74, 6) is 1.07. The van der Waals surface area contributed by atoms with E-state index in [1.165, 1.54) is 0 Å². The highest BCUT2D eigenvalue weighted by atomic mass is 32.2. The Hall–Kier alpha value is -3.88. The van der Waals surface area contributed by atoms with Crippen LogP contribution in [0.2, 0.25) is 0 Å². The number of carbonyl (C=O) groups excluding carboxylic acids is 3. The quantitative estimate of drug-likeness (QED) is 0.114. The largest absolute Gasteiger partial charge is 0.496 e. The first-order chi connectivity index (χ1) is 24.5. The van der Waals surface area contributed by atoms with Crippen LogP contribution in [0, 0.1) is 6.92 Å². The molecule has 0 spiro atoms. The van der Waals surface area contributed by atoms with Crippen molar-refractivity contribution in [2.45, 2.75) is 108 Å². The van der Waals surface area contributed by atoms with Gasteiger partial charge in [0.2, 0.25) is 12.3 Å². The van der Waals surface area contributed by atoms with E-state index >= 15 is 0 Å². The zero-order chi connectivity index (χ0) is 37.1. The molecule has 2 aromatic heterocycles. The molecule has 14 heteroatoms. The molecule has 1 saturated heterocycles. The van der Waals surface area contributed by atoms with Gasteiger partial charge in [0, 0.05) is 41.6 Å². The van der Waals surface area contributed by atoms with E-state index in [1.807, 2.05) is 24.4 Å². The van der Waals surface area contributed by atoms with Crippen LogP contribution >= 0.6 is 11.3 Å². The van der Waals surface area contributed by atoms with Gasteiger partial charge in [-0.25, -0.2) is 9.19 Å². The van der Waals surface area contributed by atoms with E-state index < -0.39 is 17.1 Å². The van der Waals surface area contributed by atoms with E-state index in [-0.39, 0.29) is 28.5 Å². The second-order valence-electron chi connectivity index (χ2n) is 13.2. The van der Waals surface area contributed by atoms with Crippen molar-refractivity contribution in [2.75, 3.05) is 20.3 Å². The maximum atomic E-state index is 12.4. The highest BCUT2D eigenvalue weighted by molar-refractivity contribution is 7.84.